The van der Waals surface area contributed by atoms with Gasteiger partial charge in [0.2, 0.25) is 0 Å². The fraction of sp³-hybridized carbons (Fsp3) is 0.385. The van der Waals surface area contributed by atoms with E-state index in [-0.39, 0.29) is 6.03 Å². The number of nitrogens with zero attached hydrogens (tertiary/aromatic N) is 2. The van der Waals surface area contributed by atoms with Crippen molar-refractivity contribution < 1.29 is 4.79 Å². The van der Waals surface area contributed by atoms with Crippen LogP contribution < -0.4 is 15.5 Å². The van der Waals surface area contributed by atoms with Gasteiger partial charge >= 0.3 is 6.03 Å². The topological polar surface area (TPSA) is 56.7 Å². The molecule has 0 unspecified atom stereocenters. The van der Waals surface area contributed by atoms with Crippen molar-refractivity contribution in [2.24, 2.45) is 4.99 Å². The van der Waals surface area contributed by atoms with Crippen molar-refractivity contribution in [2.75, 3.05) is 26.0 Å². The maximum Gasteiger partial charge on any atom is 0.328 e. The van der Waals surface area contributed by atoms with Crippen LogP contribution in [-0.4, -0.2) is 33.1 Å². The zero-order valence-electron chi connectivity index (χ0n) is 11.5. The molecule has 0 fully saturated rings. The number of amides is 2. The summed E-state index contributed by atoms with van der Waals surface area (Å²) in [7, 11) is 5.07. The molecule has 5 nitrogen and oxygen atoms in total. The van der Waals surface area contributed by atoms with Crippen LogP contribution in [0.15, 0.2) is 23.2 Å². The van der Waals surface area contributed by atoms with Crippen LogP contribution in [0.5, 0.6) is 0 Å². The Morgan fingerprint density at radius 3 is 2.28 bits per heavy atom. The van der Waals surface area contributed by atoms with Crippen LogP contribution in [0.1, 0.15) is 11.1 Å². The van der Waals surface area contributed by atoms with Gasteiger partial charge in [0.15, 0.2) is 5.96 Å². The molecule has 5 heteroatoms. The van der Waals surface area contributed by atoms with E-state index in [1.165, 1.54) is 0 Å². The summed E-state index contributed by atoms with van der Waals surface area (Å²) in [6.45, 7) is 3.97. The molecule has 0 aliphatic carbocycles. The number of rotatable bonds is 1. The van der Waals surface area contributed by atoms with Crippen LogP contribution in [-0.2, 0) is 0 Å². The third kappa shape index (κ3) is 3.00. The van der Waals surface area contributed by atoms with Crippen molar-refractivity contribution >= 4 is 17.7 Å². The lowest BCUT2D eigenvalue weighted by Crippen LogP contribution is -2.46. The molecule has 18 heavy (non-hydrogen) atoms. The number of carbonyl (C=O) groups excluding carboxylic acids is 1. The van der Waals surface area contributed by atoms with Crippen molar-refractivity contribution in [2.45, 2.75) is 13.8 Å². The first kappa shape index (κ1) is 14.0. The molecule has 0 aromatic heterocycles. The Hall–Kier alpha value is -2.04. The fourth-order valence-electron chi connectivity index (χ4n) is 1.85. The molecule has 1 rings (SSSR count). The van der Waals surface area contributed by atoms with Gasteiger partial charge in [0.25, 0.3) is 0 Å². The summed E-state index contributed by atoms with van der Waals surface area (Å²) in [5.41, 5.74) is 3.04. The van der Waals surface area contributed by atoms with Crippen LogP contribution in [0, 0.1) is 13.8 Å². The second-order valence-electron chi connectivity index (χ2n) is 4.05. The van der Waals surface area contributed by atoms with Gasteiger partial charge in [-0.2, -0.15) is 0 Å². The number of nitrogens with one attached hydrogen (secondary N) is 2. The number of aliphatic imine (C=N–C) groups is 1. The van der Waals surface area contributed by atoms with Crippen molar-refractivity contribution in [3.05, 3.63) is 29.3 Å². The lowest BCUT2D eigenvalue weighted by molar-refractivity contribution is 0.251. The van der Waals surface area contributed by atoms with E-state index in [4.69, 9.17) is 0 Å². The molecule has 98 valence electrons. The van der Waals surface area contributed by atoms with Gasteiger partial charge in [-0.15, -0.1) is 0 Å². The number of aryl methyl sites for hydroxylation is 2. The van der Waals surface area contributed by atoms with Gasteiger partial charge < -0.3 is 5.32 Å². The maximum atomic E-state index is 12.1. The molecular formula is C13H20N4O. The quantitative estimate of drug-likeness (QED) is 0.586. The molecule has 2 N–H and O–H groups in total. The highest BCUT2D eigenvalue weighted by Gasteiger charge is 2.15. The van der Waals surface area contributed by atoms with E-state index in [1.54, 1.807) is 26.0 Å². The Bertz CT molecular complexity index is 448. The molecule has 2 amide bonds. The first-order chi connectivity index (χ1) is 8.51. The van der Waals surface area contributed by atoms with Gasteiger partial charge in [-0.05, 0) is 25.0 Å². The number of hydrogen-bond acceptors (Lipinski definition) is 2. The van der Waals surface area contributed by atoms with E-state index in [0.29, 0.717) is 5.96 Å². The number of guanidine groups is 1. The minimum atomic E-state index is -0.220. The number of benzene rings is 1. The minimum absolute atomic E-state index is 0.220. The highest BCUT2D eigenvalue weighted by Crippen LogP contribution is 2.23. The summed E-state index contributed by atoms with van der Waals surface area (Å²) in [4.78, 5) is 17.6. The first-order valence-corrected chi connectivity index (χ1v) is 5.76. The predicted molar refractivity (Wildman–Crippen MR) is 75.3 cm³/mol. The number of hydrogen-bond donors (Lipinski definition) is 2. The minimum Gasteiger partial charge on any atom is -0.359 e. The average molecular weight is 248 g/mol. The number of para-hydroxylation sites is 1. The summed E-state index contributed by atoms with van der Waals surface area (Å²) >= 11 is 0. The first-order valence-electron chi connectivity index (χ1n) is 5.76. The highest BCUT2D eigenvalue weighted by molar-refractivity contribution is 6.04. The fourth-order valence-corrected chi connectivity index (χ4v) is 1.85. The standard InChI is InChI=1S/C13H20N4O/c1-9-7-6-8-10(2)11(9)17(5)13(18)16-12(14-3)15-4/h6-8H,1-5H3,(H2,14,15,16,18). The maximum absolute atomic E-state index is 12.1. The summed E-state index contributed by atoms with van der Waals surface area (Å²) < 4.78 is 0. The summed E-state index contributed by atoms with van der Waals surface area (Å²) in [5.74, 6) is 0.443. The third-order valence-corrected chi connectivity index (χ3v) is 2.77. The van der Waals surface area contributed by atoms with Gasteiger partial charge in [-0.25, -0.2) is 4.79 Å². The summed E-state index contributed by atoms with van der Waals surface area (Å²) in [5, 5.41) is 5.50. The lowest BCUT2D eigenvalue weighted by atomic mass is 10.1. The number of urea groups is 1. The second kappa shape index (κ2) is 6.05. The normalized spacial score (nSPS) is 11.1. The van der Waals surface area contributed by atoms with E-state index >= 15 is 0 Å². The molecule has 0 saturated heterocycles. The van der Waals surface area contributed by atoms with Crippen molar-refractivity contribution in [1.29, 1.82) is 0 Å². The zero-order valence-corrected chi connectivity index (χ0v) is 11.5. The van der Waals surface area contributed by atoms with E-state index in [2.05, 4.69) is 15.6 Å². The largest absolute Gasteiger partial charge is 0.359 e. The lowest BCUT2D eigenvalue weighted by Gasteiger charge is -2.22. The van der Waals surface area contributed by atoms with E-state index in [0.717, 1.165) is 16.8 Å². The molecule has 0 heterocycles. The molecule has 0 spiro atoms. The molecule has 0 aliphatic rings. The molecule has 1 aromatic carbocycles. The van der Waals surface area contributed by atoms with Gasteiger partial charge in [-0.1, -0.05) is 18.2 Å². The molecule has 0 saturated carbocycles. The molecule has 0 radical (unpaired) electrons. The Labute approximate surface area is 108 Å². The zero-order chi connectivity index (χ0) is 13.7. The SMILES string of the molecule is CN=C(NC)NC(=O)N(C)c1c(C)cccc1C. The van der Waals surface area contributed by atoms with Crippen molar-refractivity contribution in [3.8, 4) is 0 Å². The Morgan fingerprint density at radius 1 is 1.28 bits per heavy atom. The molecule has 0 bridgehead atoms. The van der Waals surface area contributed by atoms with E-state index < -0.39 is 0 Å². The predicted octanol–water partition coefficient (Wildman–Crippen LogP) is 1.65. The summed E-state index contributed by atoms with van der Waals surface area (Å²) in [6, 6.07) is 5.73. The van der Waals surface area contributed by atoms with Crippen LogP contribution in [0.4, 0.5) is 10.5 Å². The summed E-state index contributed by atoms with van der Waals surface area (Å²) in [6.07, 6.45) is 0. The van der Waals surface area contributed by atoms with Gasteiger partial charge in [0.05, 0.1) is 5.69 Å². The Kier molecular flexibility index (Phi) is 4.71. The van der Waals surface area contributed by atoms with Gasteiger partial charge in [0, 0.05) is 21.1 Å². The van der Waals surface area contributed by atoms with E-state index in [9.17, 15) is 4.79 Å². The van der Waals surface area contributed by atoms with Crippen molar-refractivity contribution in [1.82, 2.24) is 10.6 Å². The number of carbonyl (C=O) groups is 1. The monoisotopic (exact) mass is 248 g/mol. The smallest absolute Gasteiger partial charge is 0.328 e. The van der Waals surface area contributed by atoms with Gasteiger partial charge in [-0.3, -0.25) is 15.2 Å². The molecular weight excluding hydrogens is 228 g/mol. The molecule has 0 atom stereocenters. The molecule has 0 aliphatic heterocycles. The van der Waals surface area contributed by atoms with Gasteiger partial charge in [0.1, 0.15) is 0 Å². The Balaban J connectivity index is 2.94. The Morgan fingerprint density at radius 2 is 1.83 bits per heavy atom. The van der Waals surface area contributed by atoms with E-state index in [1.807, 2.05) is 32.0 Å². The highest BCUT2D eigenvalue weighted by atomic mass is 16.2. The third-order valence-electron chi connectivity index (χ3n) is 2.77. The van der Waals surface area contributed by atoms with Crippen LogP contribution >= 0.6 is 0 Å². The average Bonchev–Trinajstić information content (AvgIpc) is 2.35. The van der Waals surface area contributed by atoms with Crippen LogP contribution in [0.2, 0.25) is 0 Å². The number of anilines is 1. The van der Waals surface area contributed by atoms with Crippen LogP contribution in [0.3, 0.4) is 0 Å². The second-order valence-corrected chi connectivity index (χ2v) is 4.05. The van der Waals surface area contributed by atoms with Crippen molar-refractivity contribution in [3.63, 3.8) is 0 Å². The van der Waals surface area contributed by atoms with Crippen LogP contribution in [0.25, 0.3) is 0 Å². The molecule has 1 aromatic rings.